The van der Waals surface area contributed by atoms with Gasteiger partial charge in [-0.3, -0.25) is 4.57 Å². The Hall–Kier alpha value is -2.13. The minimum atomic E-state index is -0.247. The summed E-state index contributed by atoms with van der Waals surface area (Å²) < 4.78 is 15.1. The van der Waals surface area contributed by atoms with Crippen LogP contribution in [0.15, 0.2) is 54.7 Å². The Labute approximate surface area is 121 Å². The smallest absolute Gasteiger partial charge is 0.123 e. The molecule has 100 valence electrons. The summed E-state index contributed by atoms with van der Waals surface area (Å²) in [5.74, 6) is 0.620. The Bertz CT molecular complexity index is 730. The predicted molar refractivity (Wildman–Crippen MR) is 78.7 cm³/mol. The molecule has 0 fully saturated rings. The standard InChI is InChI=1S/C16H12ClFN2/c1-11-19-10-16(12-2-6-14(18)7-3-12)20(11)15-8-4-13(17)5-9-15/h2-10H,1H3. The fourth-order valence-electron chi connectivity index (χ4n) is 2.18. The molecule has 0 radical (unpaired) electrons. The Morgan fingerprint density at radius 1 is 1.00 bits per heavy atom. The molecule has 2 aromatic carbocycles. The molecule has 1 heterocycles. The highest BCUT2D eigenvalue weighted by molar-refractivity contribution is 6.30. The zero-order valence-electron chi connectivity index (χ0n) is 10.8. The number of halogens is 2. The van der Waals surface area contributed by atoms with E-state index in [-0.39, 0.29) is 5.82 Å². The Morgan fingerprint density at radius 3 is 2.30 bits per heavy atom. The van der Waals surface area contributed by atoms with Gasteiger partial charge in [-0.1, -0.05) is 11.6 Å². The maximum absolute atomic E-state index is 13.0. The summed E-state index contributed by atoms with van der Waals surface area (Å²) >= 11 is 5.92. The molecular weight excluding hydrogens is 275 g/mol. The van der Waals surface area contributed by atoms with Crippen LogP contribution in [0.1, 0.15) is 5.82 Å². The molecule has 3 aromatic rings. The summed E-state index contributed by atoms with van der Waals surface area (Å²) in [5.41, 5.74) is 2.82. The molecule has 1 aromatic heterocycles. The summed E-state index contributed by atoms with van der Waals surface area (Å²) in [6.07, 6.45) is 1.79. The average Bonchev–Trinajstić information content (AvgIpc) is 2.83. The van der Waals surface area contributed by atoms with Crippen LogP contribution in [0, 0.1) is 12.7 Å². The van der Waals surface area contributed by atoms with E-state index in [4.69, 9.17) is 11.6 Å². The summed E-state index contributed by atoms with van der Waals surface area (Å²) in [4.78, 5) is 4.35. The van der Waals surface area contributed by atoms with Crippen LogP contribution in [0.4, 0.5) is 4.39 Å². The van der Waals surface area contributed by atoms with Gasteiger partial charge in [-0.15, -0.1) is 0 Å². The van der Waals surface area contributed by atoms with E-state index >= 15 is 0 Å². The van der Waals surface area contributed by atoms with Crippen molar-refractivity contribution in [1.82, 2.24) is 9.55 Å². The van der Waals surface area contributed by atoms with Crippen molar-refractivity contribution in [3.05, 3.63) is 71.4 Å². The SMILES string of the molecule is Cc1ncc(-c2ccc(F)cc2)n1-c1ccc(Cl)cc1. The molecule has 0 saturated carbocycles. The molecule has 0 spiro atoms. The molecule has 0 aliphatic heterocycles. The van der Waals surface area contributed by atoms with Crippen LogP contribution in [0.5, 0.6) is 0 Å². The van der Waals surface area contributed by atoms with Gasteiger partial charge in [0.1, 0.15) is 11.6 Å². The van der Waals surface area contributed by atoms with Gasteiger partial charge in [0.2, 0.25) is 0 Å². The summed E-state index contributed by atoms with van der Waals surface area (Å²) in [6, 6.07) is 13.9. The lowest BCUT2D eigenvalue weighted by Gasteiger charge is -2.10. The van der Waals surface area contributed by atoms with E-state index in [2.05, 4.69) is 4.98 Å². The maximum atomic E-state index is 13.0. The Balaban J connectivity index is 2.14. The lowest BCUT2D eigenvalue weighted by molar-refractivity contribution is 0.628. The molecule has 3 rings (SSSR count). The number of rotatable bonds is 2. The van der Waals surface area contributed by atoms with Crippen LogP contribution >= 0.6 is 11.6 Å². The largest absolute Gasteiger partial charge is 0.297 e. The van der Waals surface area contributed by atoms with Gasteiger partial charge in [0.05, 0.1) is 11.9 Å². The molecule has 0 aliphatic carbocycles. The van der Waals surface area contributed by atoms with E-state index in [1.54, 1.807) is 18.3 Å². The maximum Gasteiger partial charge on any atom is 0.123 e. The van der Waals surface area contributed by atoms with Gasteiger partial charge in [-0.2, -0.15) is 0 Å². The second-order valence-corrected chi connectivity index (χ2v) is 4.95. The zero-order chi connectivity index (χ0) is 14.1. The van der Waals surface area contributed by atoms with Gasteiger partial charge in [-0.05, 0) is 55.5 Å². The highest BCUT2D eigenvalue weighted by atomic mass is 35.5. The first-order valence-electron chi connectivity index (χ1n) is 6.21. The average molecular weight is 287 g/mol. The molecular formula is C16H12ClFN2. The molecule has 0 saturated heterocycles. The molecule has 20 heavy (non-hydrogen) atoms. The molecule has 0 bridgehead atoms. The topological polar surface area (TPSA) is 17.8 Å². The first kappa shape index (κ1) is 12.9. The van der Waals surface area contributed by atoms with Gasteiger partial charge in [0.25, 0.3) is 0 Å². The molecule has 4 heteroatoms. The molecule has 0 amide bonds. The van der Waals surface area contributed by atoms with E-state index in [1.807, 2.05) is 35.8 Å². The van der Waals surface area contributed by atoms with Crippen molar-refractivity contribution in [2.75, 3.05) is 0 Å². The molecule has 2 nitrogen and oxygen atoms in total. The fourth-order valence-corrected chi connectivity index (χ4v) is 2.31. The summed E-state index contributed by atoms with van der Waals surface area (Å²) in [7, 11) is 0. The first-order chi connectivity index (χ1) is 9.65. The number of nitrogens with zero attached hydrogens (tertiary/aromatic N) is 2. The van der Waals surface area contributed by atoms with Gasteiger partial charge in [0.15, 0.2) is 0 Å². The van der Waals surface area contributed by atoms with Gasteiger partial charge >= 0.3 is 0 Å². The quantitative estimate of drug-likeness (QED) is 0.671. The zero-order valence-corrected chi connectivity index (χ0v) is 11.6. The van der Waals surface area contributed by atoms with Crippen LogP contribution < -0.4 is 0 Å². The summed E-state index contributed by atoms with van der Waals surface area (Å²) in [6.45, 7) is 1.93. The monoisotopic (exact) mass is 286 g/mol. The number of hydrogen-bond acceptors (Lipinski definition) is 1. The molecule has 0 N–H and O–H groups in total. The number of aromatic nitrogens is 2. The van der Waals surface area contributed by atoms with Crippen molar-refractivity contribution < 1.29 is 4.39 Å². The second-order valence-electron chi connectivity index (χ2n) is 4.51. The molecule has 0 aliphatic rings. The van der Waals surface area contributed by atoms with E-state index in [1.165, 1.54) is 12.1 Å². The third kappa shape index (κ3) is 2.32. The summed E-state index contributed by atoms with van der Waals surface area (Å²) in [5, 5.41) is 0.690. The van der Waals surface area contributed by atoms with Crippen molar-refractivity contribution in [3.8, 4) is 16.9 Å². The van der Waals surface area contributed by atoms with Crippen molar-refractivity contribution in [2.24, 2.45) is 0 Å². The second kappa shape index (κ2) is 5.10. The number of hydrogen-bond donors (Lipinski definition) is 0. The Morgan fingerprint density at radius 2 is 1.65 bits per heavy atom. The predicted octanol–water partition coefficient (Wildman–Crippen LogP) is 4.64. The highest BCUT2D eigenvalue weighted by Crippen LogP contribution is 2.25. The lowest BCUT2D eigenvalue weighted by atomic mass is 10.1. The van der Waals surface area contributed by atoms with E-state index in [0.29, 0.717) is 5.02 Å². The molecule has 0 unspecified atom stereocenters. The van der Waals surface area contributed by atoms with Crippen molar-refractivity contribution in [1.29, 1.82) is 0 Å². The van der Waals surface area contributed by atoms with Crippen LogP contribution in [0.25, 0.3) is 16.9 Å². The normalized spacial score (nSPS) is 10.8. The fraction of sp³-hybridized carbons (Fsp3) is 0.0625. The van der Waals surface area contributed by atoms with Crippen molar-refractivity contribution >= 4 is 11.6 Å². The van der Waals surface area contributed by atoms with Crippen LogP contribution in [0.2, 0.25) is 5.02 Å². The van der Waals surface area contributed by atoms with Crippen molar-refractivity contribution in [2.45, 2.75) is 6.92 Å². The molecule has 0 atom stereocenters. The van der Waals surface area contributed by atoms with E-state index in [0.717, 1.165) is 22.8 Å². The highest BCUT2D eigenvalue weighted by Gasteiger charge is 2.10. The first-order valence-corrected chi connectivity index (χ1v) is 6.59. The van der Waals surface area contributed by atoms with Crippen LogP contribution in [-0.2, 0) is 0 Å². The third-order valence-corrected chi connectivity index (χ3v) is 3.41. The number of benzene rings is 2. The lowest BCUT2D eigenvalue weighted by Crippen LogP contribution is -1.99. The van der Waals surface area contributed by atoms with Gasteiger partial charge < -0.3 is 0 Å². The van der Waals surface area contributed by atoms with Gasteiger partial charge in [-0.25, -0.2) is 9.37 Å². The number of aryl methyl sites for hydroxylation is 1. The number of imidazole rings is 1. The minimum absolute atomic E-state index is 0.247. The van der Waals surface area contributed by atoms with Crippen molar-refractivity contribution in [3.63, 3.8) is 0 Å². The van der Waals surface area contributed by atoms with Crippen LogP contribution in [-0.4, -0.2) is 9.55 Å². The Kier molecular flexibility index (Phi) is 3.28. The third-order valence-electron chi connectivity index (χ3n) is 3.16. The minimum Gasteiger partial charge on any atom is -0.297 e. The van der Waals surface area contributed by atoms with Crippen LogP contribution in [0.3, 0.4) is 0 Å². The van der Waals surface area contributed by atoms with E-state index < -0.39 is 0 Å². The van der Waals surface area contributed by atoms with Gasteiger partial charge in [0, 0.05) is 16.3 Å². The van der Waals surface area contributed by atoms with E-state index in [9.17, 15) is 4.39 Å².